The lowest BCUT2D eigenvalue weighted by Gasteiger charge is -2.40. The van der Waals surface area contributed by atoms with Gasteiger partial charge in [0.05, 0.1) is 0 Å². The van der Waals surface area contributed by atoms with Crippen LogP contribution in [0.3, 0.4) is 0 Å². The second kappa shape index (κ2) is 6.34. The topological polar surface area (TPSA) is 36.4 Å². The minimum absolute atomic E-state index is 0.359. The number of pyridine rings is 1. The Morgan fingerprint density at radius 3 is 2.67 bits per heavy atom. The number of amides is 1. The number of rotatable bonds is 2. The highest BCUT2D eigenvalue weighted by Gasteiger charge is 2.29. The van der Waals surface area contributed by atoms with Crippen LogP contribution in [0.25, 0.3) is 0 Å². The first-order valence-corrected chi connectivity index (χ1v) is 8.61. The molecule has 2 aliphatic heterocycles. The Hall–Kier alpha value is -1.10. The summed E-state index contributed by atoms with van der Waals surface area (Å²) >= 11 is 3.50. The maximum Gasteiger partial charge on any atom is 0.222 e. The normalized spacial score (nSPS) is 21.0. The fraction of sp³-hybridized carbons (Fsp3) is 0.625. The van der Waals surface area contributed by atoms with Gasteiger partial charge in [-0.2, -0.15) is 0 Å². The lowest BCUT2D eigenvalue weighted by atomic mass is 9.99. The van der Waals surface area contributed by atoms with Gasteiger partial charge in [-0.1, -0.05) is 0 Å². The summed E-state index contributed by atoms with van der Waals surface area (Å²) in [6, 6.07) is 2.57. The molecule has 1 aromatic heterocycles. The van der Waals surface area contributed by atoms with Gasteiger partial charge < -0.3 is 9.80 Å². The van der Waals surface area contributed by atoms with Crippen LogP contribution < -0.4 is 4.90 Å². The number of aromatic nitrogens is 1. The molecular weight excluding hydrogens is 330 g/mol. The largest absolute Gasteiger partial charge is 0.356 e. The molecule has 0 aliphatic carbocycles. The van der Waals surface area contributed by atoms with Crippen LogP contribution in [0.1, 0.15) is 37.7 Å². The summed E-state index contributed by atoms with van der Waals surface area (Å²) in [5.41, 5.74) is 1.22. The number of piperidine rings is 2. The van der Waals surface area contributed by atoms with Gasteiger partial charge in [-0.3, -0.25) is 4.79 Å². The van der Waals surface area contributed by atoms with E-state index in [1.807, 2.05) is 6.20 Å². The first kappa shape index (κ1) is 14.8. The van der Waals surface area contributed by atoms with Crippen LogP contribution in [-0.4, -0.2) is 41.5 Å². The molecular formula is C16H22BrN3O. The lowest BCUT2D eigenvalue weighted by molar-refractivity contribution is -0.136. The fourth-order valence-corrected chi connectivity index (χ4v) is 3.53. The highest BCUT2D eigenvalue weighted by Crippen LogP contribution is 2.26. The highest BCUT2D eigenvalue weighted by atomic mass is 79.9. The van der Waals surface area contributed by atoms with Gasteiger partial charge in [0, 0.05) is 42.8 Å². The Kier molecular flexibility index (Phi) is 4.48. The van der Waals surface area contributed by atoms with Crippen LogP contribution in [0.15, 0.2) is 16.7 Å². The van der Waals surface area contributed by atoms with E-state index in [1.54, 1.807) is 0 Å². The van der Waals surface area contributed by atoms with Crippen LogP contribution in [0, 0.1) is 6.92 Å². The van der Waals surface area contributed by atoms with E-state index < -0.39 is 0 Å². The first-order chi connectivity index (χ1) is 10.1. The average Bonchev–Trinajstić information content (AvgIpc) is 2.51. The predicted molar refractivity (Wildman–Crippen MR) is 87.5 cm³/mol. The highest BCUT2D eigenvalue weighted by molar-refractivity contribution is 9.10. The number of hydrogen-bond donors (Lipinski definition) is 0. The van der Waals surface area contributed by atoms with Crippen molar-refractivity contribution in [3.63, 3.8) is 0 Å². The van der Waals surface area contributed by atoms with Crippen LogP contribution in [0.2, 0.25) is 0 Å². The third-order valence-electron chi connectivity index (χ3n) is 4.62. The minimum Gasteiger partial charge on any atom is -0.356 e. The Morgan fingerprint density at radius 1 is 1.24 bits per heavy atom. The zero-order chi connectivity index (χ0) is 14.8. The van der Waals surface area contributed by atoms with Crippen molar-refractivity contribution < 1.29 is 4.79 Å². The van der Waals surface area contributed by atoms with Crippen LogP contribution in [0.4, 0.5) is 5.82 Å². The summed E-state index contributed by atoms with van der Waals surface area (Å²) in [5.74, 6) is 1.41. The SMILES string of the molecule is Cc1cc(N2CCC(N3CCCCC3=O)CC2)ncc1Br. The van der Waals surface area contributed by atoms with Crippen LogP contribution in [0.5, 0.6) is 0 Å². The van der Waals surface area contributed by atoms with E-state index in [-0.39, 0.29) is 0 Å². The summed E-state index contributed by atoms with van der Waals surface area (Å²) < 4.78 is 1.06. The maximum atomic E-state index is 12.0. The molecule has 0 aromatic carbocycles. The summed E-state index contributed by atoms with van der Waals surface area (Å²) in [5, 5.41) is 0. The Morgan fingerprint density at radius 2 is 2.00 bits per heavy atom. The molecule has 2 aliphatic rings. The lowest BCUT2D eigenvalue weighted by Crippen LogP contribution is -2.49. The van der Waals surface area contributed by atoms with Crippen molar-refractivity contribution in [2.45, 2.75) is 45.1 Å². The Bertz CT molecular complexity index is 526. The molecule has 3 heterocycles. The van der Waals surface area contributed by atoms with E-state index in [9.17, 15) is 4.79 Å². The monoisotopic (exact) mass is 351 g/mol. The third kappa shape index (κ3) is 3.23. The quantitative estimate of drug-likeness (QED) is 0.821. The van der Waals surface area contributed by atoms with Gasteiger partial charge in [-0.25, -0.2) is 4.98 Å². The molecule has 2 saturated heterocycles. The molecule has 21 heavy (non-hydrogen) atoms. The maximum absolute atomic E-state index is 12.0. The molecule has 2 fully saturated rings. The summed E-state index contributed by atoms with van der Waals surface area (Å²) in [6.07, 6.45) is 6.97. The molecule has 3 rings (SSSR count). The summed E-state index contributed by atoms with van der Waals surface area (Å²) in [4.78, 5) is 21.0. The van der Waals surface area contributed by atoms with E-state index in [0.717, 1.165) is 55.6 Å². The number of anilines is 1. The second-order valence-corrected chi connectivity index (χ2v) is 6.91. The van der Waals surface area contributed by atoms with Crippen molar-refractivity contribution in [3.8, 4) is 0 Å². The average molecular weight is 352 g/mol. The molecule has 1 aromatic rings. The number of carbonyl (C=O) groups is 1. The second-order valence-electron chi connectivity index (χ2n) is 6.05. The zero-order valence-electron chi connectivity index (χ0n) is 12.5. The van der Waals surface area contributed by atoms with E-state index >= 15 is 0 Å². The predicted octanol–water partition coefficient (Wildman–Crippen LogP) is 3.13. The van der Waals surface area contributed by atoms with Crippen molar-refractivity contribution in [2.75, 3.05) is 24.5 Å². The van der Waals surface area contributed by atoms with E-state index in [4.69, 9.17) is 0 Å². The third-order valence-corrected chi connectivity index (χ3v) is 5.45. The van der Waals surface area contributed by atoms with Gasteiger partial charge in [0.2, 0.25) is 5.91 Å². The van der Waals surface area contributed by atoms with Crippen molar-refractivity contribution in [3.05, 3.63) is 22.3 Å². The van der Waals surface area contributed by atoms with Crippen molar-refractivity contribution in [1.29, 1.82) is 0 Å². The Balaban J connectivity index is 1.62. The molecule has 114 valence electrons. The van der Waals surface area contributed by atoms with Gasteiger partial charge in [-0.05, 0) is 60.2 Å². The molecule has 0 unspecified atom stereocenters. The summed E-state index contributed by atoms with van der Waals surface area (Å²) in [7, 11) is 0. The van der Waals surface area contributed by atoms with Crippen molar-refractivity contribution in [1.82, 2.24) is 9.88 Å². The number of aryl methyl sites for hydroxylation is 1. The molecule has 0 saturated carbocycles. The van der Waals surface area contributed by atoms with Gasteiger partial charge in [-0.15, -0.1) is 0 Å². The zero-order valence-corrected chi connectivity index (χ0v) is 14.1. The molecule has 0 N–H and O–H groups in total. The molecule has 0 radical (unpaired) electrons. The smallest absolute Gasteiger partial charge is 0.222 e. The Labute approximate surface area is 134 Å². The van der Waals surface area contributed by atoms with E-state index in [0.29, 0.717) is 11.9 Å². The standard InChI is InChI=1S/C16H22BrN3O/c1-12-10-15(18-11-14(12)17)19-8-5-13(6-9-19)20-7-3-2-4-16(20)21/h10-11,13H,2-9H2,1H3. The molecule has 5 heteroatoms. The van der Waals surface area contributed by atoms with Crippen LogP contribution >= 0.6 is 15.9 Å². The van der Waals surface area contributed by atoms with Crippen molar-refractivity contribution in [2.24, 2.45) is 0 Å². The molecule has 0 spiro atoms. The van der Waals surface area contributed by atoms with Gasteiger partial charge in [0.15, 0.2) is 0 Å². The van der Waals surface area contributed by atoms with Gasteiger partial charge >= 0.3 is 0 Å². The van der Waals surface area contributed by atoms with Gasteiger partial charge in [0.1, 0.15) is 5.82 Å². The molecule has 4 nitrogen and oxygen atoms in total. The summed E-state index contributed by atoms with van der Waals surface area (Å²) in [6.45, 7) is 5.03. The van der Waals surface area contributed by atoms with E-state index in [2.05, 4.69) is 43.7 Å². The van der Waals surface area contributed by atoms with Crippen LogP contribution in [-0.2, 0) is 4.79 Å². The van der Waals surface area contributed by atoms with Gasteiger partial charge in [0.25, 0.3) is 0 Å². The number of carbonyl (C=O) groups excluding carboxylic acids is 1. The number of likely N-dealkylation sites (tertiary alicyclic amines) is 1. The fourth-order valence-electron chi connectivity index (χ4n) is 3.32. The van der Waals surface area contributed by atoms with Crippen molar-refractivity contribution >= 4 is 27.7 Å². The molecule has 0 bridgehead atoms. The van der Waals surface area contributed by atoms with E-state index in [1.165, 1.54) is 12.0 Å². The number of halogens is 1. The number of nitrogens with zero attached hydrogens (tertiary/aromatic N) is 3. The number of hydrogen-bond acceptors (Lipinski definition) is 3. The molecule has 1 amide bonds. The molecule has 0 atom stereocenters. The first-order valence-electron chi connectivity index (χ1n) is 7.82. The minimum atomic E-state index is 0.359.